The zero-order valence-electron chi connectivity index (χ0n) is 17.9. The first kappa shape index (κ1) is 21.9. The quantitative estimate of drug-likeness (QED) is 0.377. The number of ether oxygens (including phenoxy) is 2. The highest BCUT2D eigenvalue weighted by molar-refractivity contribution is 6.46. The summed E-state index contributed by atoms with van der Waals surface area (Å²) in [4.78, 5) is 28.8. The third kappa shape index (κ3) is 4.32. The van der Waals surface area contributed by atoms with E-state index < -0.39 is 17.7 Å². The van der Waals surface area contributed by atoms with Gasteiger partial charge < -0.3 is 29.5 Å². The van der Waals surface area contributed by atoms with Crippen LogP contribution in [0.15, 0.2) is 54.1 Å². The fraction of sp³-hybridized carbons (Fsp3) is 0.333. The molecule has 2 aliphatic rings. The van der Waals surface area contributed by atoms with Crippen molar-refractivity contribution in [1.82, 2.24) is 4.90 Å². The first-order valence-corrected chi connectivity index (χ1v) is 10.6. The van der Waals surface area contributed by atoms with Gasteiger partial charge in [0.15, 0.2) is 0 Å². The van der Waals surface area contributed by atoms with Gasteiger partial charge in [0.05, 0.1) is 45.0 Å². The second-order valence-electron chi connectivity index (χ2n) is 7.90. The fourth-order valence-corrected chi connectivity index (χ4v) is 4.20. The average Bonchev–Trinajstić information content (AvgIpc) is 3.08. The van der Waals surface area contributed by atoms with Crippen LogP contribution < -0.4 is 14.7 Å². The van der Waals surface area contributed by atoms with Crippen LogP contribution in [0, 0.1) is 0 Å². The summed E-state index contributed by atoms with van der Waals surface area (Å²) in [5.41, 5.74) is 1.04. The Morgan fingerprint density at radius 3 is 2.41 bits per heavy atom. The second-order valence-corrected chi connectivity index (χ2v) is 7.90. The molecule has 2 saturated heterocycles. The van der Waals surface area contributed by atoms with Gasteiger partial charge in [0.25, 0.3) is 11.7 Å². The van der Waals surface area contributed by atoms with Crippen molar-refractivity contribution in [1.29, 1.82) is 0 Å². The lowest BCUT2D eigenvalue weighted by atomic mass is 9.95. The molecule has 0 aliphatic carbocycles. The number of methoxy groups -OCH3 is 1. The lowest BCUT2D eigenvalue weighted by molar-refractivity contribution is -0.907. The van der Waals surface area contributed by atoms with Crippen LogP contribution in [-0.4, -0.2) is 68.2 Å². The van der Waals surface area contributed by atoms with Gasteiger partial charge in [-0.3, -0.25) is 9.59 Å². The number of amides is 1. The number of hydrogen-bond donors (Lipinski definition) is 2. The highest BCUT2D eigenvalue weighted by atomic mass is 16.5. The number of Topliss-reactive ketones (excluding diaryl/α,β-unsaturated/α-hetero) is 1. The van der Waals surface area contributed by atoms with Gasteiger partial charge in [-0.15, -0.1) is 5.75 Å². The van der Waals surface area contributed by atoms with E-state index >= 15 is 0 Å². The summed E-state index contributed by atoms with van der Waals surface area (Å²) >= 11 is 0. The zero-order chi connectivity index (χ0) is 22.7. The van der Waals surface area contributed by atoms with E-state index in [1.54, 1.807) is 36.4 Å². The van der Waals surface area contributed by atoms with E-state index in [2.05, 4.69) is 0 Å². The van der Waals surface area contributed by atoms with Crippen molar-refractivity contribution in [3.05, 3.63) is 65.2 Å². The molecule has 0 radical (unpaired) electrons. The highest BCUT2D eigenvalue weighted by Gasteiger charge is 2.46. The number of aliphatic hydroxyl groups excluding tert-OH is 1. The van der Waals surface area contributed by atoms with Crippen molar-refractivity contribution >= 4 is 17.4 Å². The standard InChI is InChI=1S/C24H26N2O6/c1-31-19-8-4-17(5-9-19)22(28)20-21(16-2-6-18(27)7-3-16)26(24(30)23(20)29)11-10-25-12-14-32-15-13-25/h2-9,21,27-28H,10-15H2,1H3. The molecule has 4 rings (SSSR count). The molecule has 32 heavy (non-hydrogen) atoms. The van der Waals surface area contributed by atoms with Crippen LogP contribution in [-0.2, 0) is 14.3 Å². The lowest BCUT2D eigenvalue weighted by Crippen LogP contribution is -3.14. The van der Waals surface area contributed by atoms with E-state index in [1.165, 1.54) is 29.0 Å². The molecule has 2 aromatic rings. The van der Waals surface area contributed by atoms with Crippen LogP contribution in [0.1, 0.15) is 17.2 Å². The molecule has 0 aromatic heterocycles. The predicted octanol–water partition coefficient (Wildman–Crippen LogP) is 0.106. The molecule has 2 heterocycles. The maximum absolute atomic E-state index is 13.0. The van der Waals surface area contributed by atoms with Crippen LogP contribution >= 0.6 is 0 Å². The van der Waals surface area contributed by atoms with Crippen LogP contribution in [0.25, 0.3) is 5.76 Å². The summed E-state index contributed by atoms with van der Waals surface area (Å²) in [5, 5.41) is 22.7. The van der Waals surface area contributed by atoms with E-state index in [0.717, 1.165) is 13.1 Å². The van der Waals surface area contributed by atoms with Crippen molar-refractivity contribution in [3.63, 3.8) is 0 Å². The zero-order valence-corrected chi connectivity index (χ0v) is 17.9. The van der Waals surface area contributed by atoms with Crippen molar-refractivity contribution in [3.8, 4) is 11.5 Å². The number of ketones is 1. The number of rotatable bonds is 6. The van der Waals surface area contributed by atoms with Crippen molar-refractivity contribution in [2.45, 2.75) is 6.04 Å². The minimum atomic E-state index is -0.766. The number of aliphatic hydroxyl groups is 1. The van der Waals surface area contributed by atoms with Crippen LogP contribution in [0.2, 0.25) is 0 Å². The van der Waals surface area contributed by atoms with Gasteiger partial charge in [-0.1, -0.05) is 24.3 Å². The van der Waals surface area contributed by atoms with E-state index in [4.69, 9.17) is 9.47 Å². The Morgan fingerprint density at radius 1 is 1.12 bits per heavy atom. The third-order valence-corrected chi connectivity index (χ3v) is 6.01. The first-order valence-electron chi connectivity index (χ1n) is 10.6. The first-order chi connectivity index (χ1) is 15.5. The minimum absolute atomic E-state index is 0.0239. The number of benzene rings is 2. The molecule has 0 spiro atoms. The van der Waals surface area contributed by atoms with Crippen molar-refractivity contribution in [2.75, 3.05) is 46.5 Å². The summed E-state index contributed by atoms with van der Waals surface area (Å²) in [6.07, 6.45) is 0. The monoisotopic (exact) mass is 438 g/mol. The van der Waals surface area contributed by atoms with E-state index in [-0.39, 0.29) is 17.1 Å². The summed E-state index contributed by atoms with van der Waals surface area (Å²) in [6, 6.07) is 11.9. The molecule has 0 bridgehead atoms. The Morgan fingerprint density at radius 2 is 1.78 bits per heavy atom. The van der Waals surface area contributed by atoms with Gasteiger partial charge in [0.2, 0.25) is 0 Å². The summed E-state index contributed by atoms with van der Waals surface area (Å²) in [6.45, 7) is 4.02. The molecule has 2 fully saturated rings. The lowest BCUT2D eigenvalue weighted by Gasteiger charge is -2.29. The minimum Gasteiger partial charge on any atom is -0.872 e. The number of hydrogen-bond acceptors (Lipinski definition) is 6. The Hall–Kier alpha value is -3.36. The number of nitrogens with zero attached hydrogens (tertiary/aromatic N) is 1. The number of likely N-dealkylation sites (tertiary alicyclic amines) is 1. The van der Waals surface area contributed by atoms with Gasteiger partial charge in [-0.05, 0) is 29.8 Å². The molecule has 8 nitrogen and oxygen atoms in total. The molecule has 1 unspecified atom stereocenters. The molecule has 2 N–H and O–H groups in total. The molecule has 2 aliphatic heterocycles. The predicted molar refractivity (Wildman–Crippen MR) is 114 cm³/mol. The van der Waals surface area contributed by atoms with Gasteiger partial charge in [-0.25, -0.2) is 0 Å². The summed E-state index contributed by atoms with van der Waals surface area (Å²) in [7, 11) is 1.54. The summed E-state index contributed by atoms with van der Waals surface area (Å²) < 4.78 is 10.5. The van der Waals surface area contributed by atoms with Gasteiger partial charge in [-0.2, -0.15) is 0 Å². The largest absolute Gasteiger partial charge is 0.872 e. The SMILES string of the molecule is COc1ccc(C(O)=C2C(=O)C(=O)N(CC[NH+]3CCOCC3)C2c2ccc([O-])cc2)cc1. The van der Waals surface area contributed by atoms with Gasteiger partial charge in [0.1, 0.15) is 24.6 Å². The van der Waals surface area contributed by atoms with Crippen molar-refractivity contribution < 1.29 is 34.2 Å². The highest BCUT2D eigenvalue weighted by Crippen LogP contribution is 2.39. The van der Waals surface area contributed by atoms with Crippen LogP contribution in [0.5, 0.6) is 11.5 Å². The van der Waals surface area contributed by atoms with Crippen LogP contribution in [0.3, 0.4) is 0 Å². The van der Waals surface area contributed by atoms with Crippen molar-refractivity contribution in [2.24, 2.45) is 0 Å². The average molecular weight is 438 g/mol. The molecular formula is C24H26N2O6. The Balaban J connectivity index is 1.71. The van der Waals surface area contributed by atoms with Crippen LogP contribution in [0.4, 0.5) is 0 Å². The van der Waals surface area contributed by atoms with E-state index in [9.17, 15) is 19.8 Å². The number of quaternary nitrogens is 1. The number of carbonyl (C=O) groups excluding carboxylic acids is 2. The molecule has 168 valence electrons. The second kappa shape index (κ2) is 9.42. The number of morpholine rings is 1. The number of carbonyl (C=O) groups is 2. The normalized spacial score (nSPS) is 21.2. The molecule has 0 saturated carbocycles. The maximum atomic E-state index is 13.0. The number of nitrogens with one attached hydrogen (secondary N) is 1. The van der Waals surface area contributed by atoms with E-state index in [1.807, 2.05) is 0 Å². The molecule has 1 atom stereocenters. The molecule has 1 amide bonds. The third-order valence-electron chi connectivity index (χ3n) is 6.01. The van der Waals surface area contributed by atoms with E-state index in [0.29, 0.717) is 43.2 Å². The molecule has 2 aromatic carbocycles. The van der Waals surface area contributed by atoms with Gasteiger partial charge >= 0.3 is 0 Å². The topological polar surface area (TPSA) is 104 Å². The van der Waals surface area contributed by atoms with Gasteiger partial charge in [0, 0.05) is 5.56 Å². The fourth-order valence-electron chi connectivity index (χ4n) is 4.20. The Bertz CT molecular complexity index is 1010. The Kier molecular flexibility index (Phi) is 6.43. The molecule has 8 heteroatoms. The smallest absolute Gasteiger partial charge is 0.295 e. The maximum Gasteiger partial charge on any atom is 0.295 e. The Labute approximate surface area is 186 Å². The molecular weight excluding hydrogens is 412 g/mol. The summed E-state index contributed by atoms with van der Waals surface area (Å²) in [5.74, 6) is -1.18.